The Bertz CT molecular complexity index is 249. The number of carbonyl (C=O) groups excluding carboxylic acids is 1. The first kappa shape index (κ1) is 11.4. The molecule has 0 saturated carbocycles. The number of nitrogens with zero attached hydrogens (tertiary/aromatic N) is 2. The van der Waals surface area contributed by atoms with E-state index < -0.39 is 0 Å². The number of carbonyl (C=O) groups is 1. The topological polar surface area (TPSA) is 23.6 Å². The molecule has 2 unspecified atom stereocenters. The minimum absolute atomic E-state index is 0.0575. The second-order valence-electron chi connectivity index (χ2n) is 4.77. The molecule has 3 fully saturated rings. The van der Waals surface area contributed by atoms with Gasteiger partial charge in [0.1, 0.15) is 0 Å². The molecule has 0 spiro atoms. The maximum atomic E-state index is 11.9. The maximum Gasteiger partial charge on any atom is 0.236 e. The molecule has 3 aliphatic heterocycles. The van der Waals surface area contributed by atoms with E-state index in [1.54, 1.807) is 0 Å². The Morgan fingerprint density at radius 2 is 2.07 bits per heavy atom. The van der Waals surface area contributed by atoms with Gasteiger partial charge in [-0.05, 0) is 38.8 Å². The normalized spacial score (nSPS) is 36.3. The maximum absolute atomic E-state index is 11.9. The summed E-state index contributed by atoms with van der Waals surface area (Å²) in [6, 6.07) is 0.444. The van der Waals surface area contributed by atoms with Crippen LogP contribution in [0.25, 0.3) is 0 Å². The van der Waals surface area contributed by atoms with Gasteiger partial charge in [-0.3, -0.25) is 4.79 Å². The lowest BCUT2D eigenvalue weighted by atomic mass is 9.83. The molecule has 1 amide bonds. The third kappa shape index (κ3) is 2.21. The van der Waals surface area contributed by atoms with E-state index in [9.17, 15) is 4.79 Å². The van der Waals surface area contributed by atoms with Gasteiger partial charge in [0.25, 0.3) is 0 Å². The minimum atomic E-state index is -0.0575. The van der Waals surface area contributed by atoms with E-state index in [-0.39, 0.29) is 10.7 Å². The molecule has 15 heavy (non-hydrogen) atoms. The summed E-state index contributed by atoms with van der Waals surface area (Å²) < 4.78 is 0. The summed E-state index contributed by atoms with van der Waals surface area (Å²) in [4.78, 5) is 16.3. The van der Waals surface area contributed by atoms with Crippen LogP contribution in [0.5, 0.6) is 0 Å². The van der Waals surface area contributed by atoms with Crippen LogP contribution >= 0.6 is 15.9 Å². The van der Waals surface area contributed by atoms with Crippen LogP contribution < -0.4 is 0 Å². The Hall–Kier alpha value is -0.0900. The monoisotopic (exact) mass is 274 g/mol. The highest BCUT2D eigenvalue weighted by Gasteiger charge is 2.38. The number of fused-ring (bicyclic) bond motifs is 3. The highest BCUT2D eigenvalue weighted by Crippen LogP contribution is 2.30. The zero-order valence-corrected chi connectivity index (χ0v) is 11.0. The first-order chi connectivity index (χ1) is 7.09. The average molecular weight is 275 g/mol. The lowest BCUT2D eigenvalue weighted by Gasteiger charge is -2.48. The summed E-state index contributed by atoms with van der Waals surface area (Å²) in [5, 5.41) is 0. The van der Waals surface area contributed by atoms with E-state index in [1.807, 2.05) is 18.9 Å². The van der Waals surface area contributed by atoms with E-state index in [1.165, 1.54) is 25.9 Å². The van der Waals surface area contributed by atoms with Crippen molar-refractivity contribution in [2.45, 2.75) is 30.6 Å². The fourth-order valence-electron chi connectivity index (χ4n) is 2.82. The van der Waals surface area contributed by atoms with E-state index in [4.69, 9.17) is 0 Å². The first-order valence-electron chi connectivity index (χ1n) is 5.72. The van der Waals surface area contributed by atoms with Crippen molar-refractivity contribution in [1.82, 2.24) is 9.80 Å². The van der Waals surface area contributed by atoms with Crippen molar-refractivity contribution in [2.24, 2.45) is 5.92 Å². The predicted molar refractivity (Wildman–Crippen MR) is 64.1 cm³/mol. The Morgan fingerprint density at radius 3 is 2.47 bits per heavy atom. The standard InChI is InChI=1S/C11H19BrN2O/c1-8(12)11(15)13(2)10-7-14-5-3-9(10)4-6-14/h8-10H,3-7H2,1-2H3. The number of piperidine rings is 3. The van der Waals surface area contributed by atoms with Crippen molar-refractivity contribution < 1.29 is 4.79 Å². The summed E-state index contributed by atoms with van der Waals surface area (Å²) in [7, 11) is 1.95. The summed E-state index contributed by atoms with van der Waals surface area (Å²) in [6.45, 7) is 5.44. The van der Waals surface area contributed by atoms with Crippen molar-refractivity contribution in [2.75, 3.05) is 26.7 Å². The smallest absolute Gasteiger partial charge is 0.236 e. The van der Waals surface area contributed by atoms with Gasteiger partial charge in [0.15, 0.2) is 0 Å². The van der Waals surface area contributed by atoms with Crippen LogP contribution in [0.2, 0.25) is 0 Å². The van der Waals surface area contributed by atoms with Crippen LogP contribution in [0.4, 0.5) is 0 Å². The van der Waals surface area contributed by atoms with Crippen LogP contribution in [0.3, 0.4) is 0 Å². The summed E-state index contributed by atoms with van der Waals surface area (Å²) in [5.74, 6) is 0.948. The van der Waals surface area contributed by atoms with Crippen LogP contribution in [-0.2, 0) is 4.79 Å². The largest absolute Gasteiger partial charge is 0.340 e. The average Bonchev–Trinajstić information content (AvgIpc) is 2.28. The molecular formula is C11H19BrN2O. The van der Waals surface area contributed by atoms with Crippen molar-refractivity contribution >= 4 is 21.8 Å². The quantitative estimate of drug-likeness (QED) is 0.710. The van der Waals surface area contributed by atoms with Crippen LogP contribution in [0.1, 0.15) is 19.8 Å². The lowest BCUT2D eigenvalue weighted by Crippen LogP contribution is -2.58. The molecule has 2 bridgehead atoms. The number of hydrogen-bond acceptors (Lipinski definition) is 2. The second-order valence-corrected chi connectivity index (χ2v) is 6.14. The fourth-order valence-corrected chi connectivity index (χ4v) is 3.14. The van der Waals surface area contributed by atoms with E-state index in [2.05, 4.69) is 20.8 Å². The van der Waals surface area contributed by atoms with Crippen molar-refractivity contribution in [3.8, 4) is 0 Å². The molecule has 0 N–H and O–H groups in total. The molecule has 0 aromatic heterocycles. The van der Waals surface area contributed by atoms with Gasteiger partial charge in [-0.15, -0.1) is 0 Å². The van der Waals surface area contributed by atoms with Gasteiger partial charge in [-0.2, -0.15) is 0 Å². The number of amides is 1. The molecule has 3 saturated heterocycles. The predicted octanol–water partition coefficient (Wildman–Crippen LogP) is 1.32. The van der Waals surface area contributed by atoms with Gasteiger partial charge >= 0.3 is 0 Å². The van der Waals surface area contributed by atoms with E-state index in [0.717, 1.165) is 12.5 Å². The van der Waals surface area contributed by atoms with E-state index >= 15 is 0 Å². The molecule has 3 aliphatic rings. The van der Waals surface area contributed by atoms with Gasteiger partial charge in [0.2, 0.25) is 5.91 Å². The van der Waals surface area contributed by atoms with Crippen LogP contribution in [0, 0.1) is 5.92 Å². The molecule has 2 atom stereocenters. The zero-order chi connectivity index (χ0) is 11.0. The summed E-state index contributed by atoms with van der Waals surface area (Å²) in [6.07, 6.45) is 2.53. The molecule has 3 rings (SSSR count). The second kappa shape index (κ2) is 4.42. The van der Waals surface area contributed by atoms with Crippen molar-refractivity contribution in [3.63, 3.8) is 0 Å². The Kier molecular flexibility index (Phi) is 3.36. The lowest BCUT2D eigenvalue weighted by molar-refractivity contribution is -0.134. The third-order valence-electron chi connectivity index (χ3n) is 3.81. The minimum Gasteiger partial charge on any atom is -0.340 e. The van der Waals surface area contributed by atoms with Crippen molar-refractivity contribution in [3.05, 3.63) is 0 Å². The summed E-state index contributed by atoms with van der Waals surface area (Å²) in [5.41, 5.74) is 0. The zero-order valence-electron chi connectivity index (χ0n) is 9.45. The summed E-state index contributed by atoms with van der Waals surface area (Å²) >= 11 is 3.36. The van der Waals surface area contributed by atoms with Gasteiger partial charge in [0.05, 0.1) is 4.83 Å². The van der Waals surface area contributed by atoms with Crippen LogP contribution in [0.15, 0.2) is 0 Å². The van der Waals surface area contributed by atoms with Crippen LogP contribution in [-0.4, -0.2) is 53.3 Å². The van der Waals surface area contributed by atoms with Gasteiger partial charge in [-0.1, -0.05) is 15.9 Å². The van der Waals surface area contributed by atoms with Gasteiger partial charge in [0, 0.05) is 19.6 Å². The molecule has 4 heteroatoms. The molecule has 0 aromatic carbocycles. The number of halogens is 1. The first-order valence-corrected chi connectivity index (χ1v) is 6.64. The van der Waals surface area contributed by atoms with Gasteiger partial charge < -0.3 is 9.80 Å². The molecule has 3 nitrogen and oxygen atoms in total. The fraction of sp³-hybridized carbons (Fsp3) is 0.909. The molecule has 0 aliphatic carbocycles. The number of likely N-dealkylation sites (N-methyl/N-ethyl adjacent to an activating group) is 1. The van der Waals surface area contributed by atoms with Crippen molar-refractivity contribution in [1.29, 1.82) is 0 Å². The molecule has 3 heterocycles. The third-order valence-corrected chi connectivity index (χ3v) is 4.20. The highest BCUT2D eigenvalue weighted by atomic mass is 79.9. The number of hydrogen-bond donors (Lipinski definition) is 0. The Morgan fingerprint density at radius 1 is 1.47 bits per heavy atom. The molecule has 86 valence electrons. The van der Waals surface area contributed by atoms with Gasteiger partial charge in [-0.25, -0.2) is 0 Å². The van der Waals surface area contributed by atoms with E-state index in [0.29, 0.717) is 6.04 Å². The highest BCUT2D eigenvalue weighted by molar-refractivity contribution is 9.10. The number of alkyl halides is 1. The molecule has 0 aromatic rings. The Balaban J connectivity index is 2.01. The SMILES string of the molecule is CC(Br)C(=O)N(C)C1CN2CCC1CC2. The number of rotatable bonds is 2. The molecular weight excluding hydrogens is 256 g/mol. The Labute approximate surface area is 99.9 Å². The molecule has 0 radical (unpaired) electrons.